The van der Waals surface area contributed by atoms with E-state index in [2.05, 4.69) is 6.92 Å². The number of ether oxygens (including phenoxy) is 1. The number of carboxylic acid groups (broad SMARTS) is 2. The minimum absolute atomic E-state index is 0. The van der Waals surface area contributed by atoms with Gasteiger partial charge in [0.1, 0.15) is 6.10 Å². The predicted molar refractivity (Wildman–Crippen MR) is 81.8 cm³/mol. The number of hydrogen-bond acceptors (Lipinski definition) is 5. The average molecular weight is 354 g/mol. The van der Waals surface area contributed by atoms with E-state index in [1.807, 2.05) is 13.8 Å². The zero-order valence-corrected chi connectivity index (χ0v) is 16.8. The SMILES string of the molecule is CC(C)[C@@H]1CC[C@@H](C)C[C@H]1OC(=O)CC(O)(CC(=O)O)C(=O)O.[H-].[Na+]. The largest absolute Gasteiger partial charge is 1.00 e. The summed E-state index contributed by atoms with van der Waals surface area (Å²) in [4.78, 5) is 33.8. The number of carbonyl (C=O) groups excluding carboxylic acids is 1. The molecule has 0 amide bonds. The number of esters is 1. The number of carboxylic acids is 2. The molecule has 1 aliphatic carbocycles. The predicted octanol–water partition coefficient (Wildman–Crippen LogP) is -1.21. The molecular weight excluding hydrogens is 327 g/mol. The first kappa shape index (κ1) is 23.4. The minimum atomic E-state index is -2.64. The Morgan fingerprint density at radius 2 is 1.79 bits per heavy atom. The summed E-state index contributed by atoms with van der Waals surface area (Å²) in [6.07, 6.45) is 0.425. The Balaban J connectivity index is 0. The van der Waals surface area contributed by atoms with Crippen LogP contribution in [0.3, 0.4) is 0 Å². The molecule has 4 atom stereocenters. The maximum Gasteiger partial charge on any atom is 1.00 e. The van der Waals surface area contributed by atoms with E-state index in [0.29, 0.717) is 18.3 Å². The third-order valence-electron chi connectivity index (χ3n) is 4.52. The first-order valence-electron chi connectivity index (χ1n) is 7.92. The van der Waals surface area contributed by atoms with Crippen LogP contribution in [0.1, 0.15) is 54.3 Å². The summed E-state index contributed by atoms with van der Waals surface area (Å²) in [5.74, 6) is -3.20. The van der Waals surface area contributed by atoms with Gasteiger partial charge in [-0.25, -0.2) is 4.79 Å². The summed E-state index contributed by atoms with van der Waals surface area (Å²) in [6.45, 7) is 6.15. The zero-order valence-electron chi connectivity index (χ0n) is 15.8. The van der Waals surface area contributed by atoms with Gasteiger partial charge in [-0.1, -0.05) is 27.2 Å². The van der Waals surface area contributed by atoms with Gasteiger partial charge in [-0.15, -0.1) is 0 Å². The molecule has 1 unspecified atom stereocenters. The van der Waals surface area contributed by atoms with Crippen LogP contribution in [0.15, 0.2) is 0 Å². The molecule has 134 valence electrons. The molecule has 0 aromatic heterocycles. The quantitative estimate of drug-likeness (QED) is 0.387. The van der Waals surface area contributed by atoms with E-state index in [1.165, 1.54) is 0 Å². The Morgan fingerprint density at radius 3 is 2.25 bits per heavy atom. The van der Waals surface area contributed by atoms with Crippen molar-refractivity contribution >= 4 is 17.9 Å². The van der Waals surface area contributed by atoms with Gasteiger partial charge in [0, 0.05) is 0 Å². The molecular formula is C16H27NaO7. The maximum atomic E-state index is 12.0. The summed E-state index contributed by atoms with van der Waals surface area (Å²) in [6, 6.07) is 0. The number of aliphatic carboxylic acids is 2. The summed E-state index contributed by atoms with van der Waals surface area (Å²) in [5, 5.41) is 27.6. The molecule has 1 fully saturated rings. The van der Waals surface area contributed by atoms with Crippen molar-refractivity contribution in [2.45, 2.75) is 64.6 Å². The molecule has 3 N–H and O–H groups in total. The average Bonchev–Trinajstić information content (AvgIpc) is 2.36. The molecule has 24 heavy (non-hydrogen) atoms. The van der Waals surface area contributed by atoms with Crippen molar-refractivity contribution in [1.29, 1.82) is 0 Å². The first-order chi connectivity index (χ1) is 10.5. The Labute approximate surface area is 165 Å². The number of hydrogen-bond donors (Lipinski definition) is 3. The molecule has 7 nitrogen and oxygen atoms in total. The Hall–Kier alpha value is -0.630. The van der Waals surface area contributed by atoms with Gasteiger partial charge in [-0.3, -0.25) is 9.59 Å². The zero-order chi connectivity index (χ0) is 17.8. The third-order valence-corrected chi connectivity index (χ3v) is 4.52. The molecule has 1 aliphatic rings. The fourth-order valence-corrected chi connectivity index (χ4v) is 3.16. The Bertz CT molecular complexity index is 471. The van der Waals surface area contributed by atoms with Crippen LogP contribution in [0.5, 0.6) is 0 Å². The Morgan fingerprint density at radius 1 is 1.21 bits per heavy atom. The Kier molecular flexibility index (Phi) is 9.49. The standard InChI is InChI=1S/C16H26O7.Na.H/c1-9(2)11-5-4-10(3)6-12(11)23-14(19)8-16(22,15(20)21)7-13(17)18;;/h9-12,22H,4-8H2,1-3H3,(H,17,18)(H,20,21);;/q;+1;-1/t10-,11+,12-,16?;;/m1../s1. The van der Waals surface area contributed by atoms with Crippen molar-refractivity contribution in [3.63, 3.8) is 0 Å². The molecule has 0 radical (unpaired) electrons. The second-order valence-corrected chi connectivity index (χ2v) is 6.94. The molecule has 0 heterocycles. The number of carbonyl (C=O) groups is 3. The molecule has 8 heteroatoms. The minimum Gasteiger partial charge on any atom is -1.00 e. The second kappa shape index (κ2) is 9.75. The van der Waals surface area contributed by atoms with Gasteiger partial charge < -0.3 is 21.5 Å². The molecule has 0 aromatic rings. The number of aliphatic hydroxyl groups is 1. The van der Waals surface area contributed by atoms with E-state index in [0.717, 1.165) is 12.8 Å². The van der Waals surface area contributed by atoms with E-state index in [1.54, 1.807) is 0 Å². The molecule has 0 bridgehead atoms. The van der Waals surface area contributed by atoms with E-state index in [9.17, 15) is 19.5 Å². The van der Waals surface area contributed by atoms with Gasteiger partial charge in [-0.05, 0) is 30.6 Å². The maximum absolute atomic E-state index is 12.0. The fraction of sp³-hybridized carbons (Fsp3) is 0.812. The van der Waals surface area contributed by atoms with E-state index >= 15 is 0 Å². The van der Waals surface area contributed by atoms with Crippen LogP contribution in [0.25, 0.3) is 0 Å². The molecule has 0 saturated heterocycles. The number of rotatable bonds is 7. The van der Waals surface area contributed by atoms with Gasteiger partial charge in [0.15, 0.2) is 5.60 Å². The van der Waals surface area contributed by atoms with E-state index < -0.39 is 36.4 Å². The van der Waals surface area contributed by atoms with Gasteiger partial charge in [0.2, 0.25) is 0 Å². The summed E-state index contributed by atoms with van der Waals surface area (Å²) in [5.41, 5.74) is -2.64. The molecule has 1 saturated carbocycles. The van der Waals surface area contributed by atoms with Crippen molar-refractivity contribution < 1.29 is 65.4 Å². The summed E-state index contributed by atoms with van der Waals surface area (Å²) < 4.78 is 5.41. The van der Waals surface area contributed by atoms with Crippen molar-refractivity contribution in [2.24, 2.45) is 17.8 Å². The summed E-state index contributed by atoms with van der Waals surface area (Å²) >= 11 is 0. The van der Waals surface area contributed by atoms with Crippen molar-refractivity contribution in [1.82, 2.24) is 0 Å². The van der Waals surface area contributed by atoms with Gasteiger partial charge in [0.25, 0.3) is 0 Å². The van der Waals surface area contributed by atoms with Crippen molar-refractivity contribution in [3.05, 3.63) is 0 Å². The van der Waals surface area contributed by atoms with Crippen LogP contribution >= 0.6 is 0 Å². The van der Waals surface area contributed by atoms with Crippen LogP contribution in [-0.2, 0) is 19.1 Å². The van der Waals surface area contributed by atoms with Crippen molar-refractivity contribution in [3.8, 4) is 0 Å². The smallest absolute Gasteiger partial charge is 1.00 e. The molecule has 0 spiro atoms. The van der Waals surface area contributed by atoms with E-state index in [4.69, 9.17) is 14.9 Å². The fourth-order valence-electron chi connectivity index (χ4n) is 3.16. The van der Waals surface area contributed by atoms with Crippen LogP contribution < -0.4 is 29.6 Å². The monoisotopic (exact) mass is 354 g/mol. The van der Waals surface area contributed by atoms with Gasteiger partial charge >= 0.3 is 47.5 Å². The second-order valence-electron chi connectivity index (χ2n) is 6.94. The molecule has 0 aliphatic heterocycles. The van der Waals surface area contributed by atoms with Crippen LogP contribution in [0.4, 0.5) is 0 Å². The topological polar surface area (TPSA) is 121 Å². The normalized spacial score (nSPS) is 26.1. The van der Waals surface area contributed by atoms with Gasteiger partial charge in [-0.2, -0.15) is 0 Å². The van der Waals surface area contributed by atoms with Crippen LogP contribution in [0.2, 0.25) is 0 Å². The van der Waals surface area contributed by atoms with E-state index in [-0.39, 0.29) is 43.0 Å². The van der Waals surface area contributed by atoms with Gasteiger partial charge in [0.05, 0.1) is 12.8 Å². The van der Waals surface area contributed by atoms with Crippen molar-refractivity contribution in [2.75, 3.05) is 0 Å². The van der Waals surface area contributed by atoms with Crippen LogP contribution in [0, 0.1) is 17.8 Å². The molecule has 0 aromatic carbocycles. The summed E-state index contributed by atoms with van der Waals surface area (Å²) in [7, 11) is 0. The first-order valence-corrected chi connectivity index (χ1v) is 7.92. The van der Waals surface area contributed by atoms with Crippen LogP contribution in [-0.4, -0.2) is 44.9 Å². The third kappa shape index (κ3) is 6.70. The molecule has 1 rings (SSSR count).